The highest BCUT2D eigenvalue weighted by Gasteiger charge is 2.06. The second-order valence-corrected chi connectivity index (χ2v) is 4.63. The van der Waals surface area contributed by atoms with E-state index in [-0.39, 0.29) is 0 Å². The molecule has 0 fully saturated rings. The molecule has 1 heterocycles. The van der Waals surface area contributed by atoms with Crippen LogP contribution in [-0.2, 0) is 5.88 Å². The summed E-state index contributed by atoms with van der Waals surface area (Å²) >= 11 is 7.60. The first-order valence-corrected chi connectivity index (χ1v) is 5.85. The highest BCUT2D eigenvalue weighted by atomic mass is 35.5. The van der Waals surface area contributed by atoms with Gasteiger partial charge in [0.25, 0.3) is 0 Å². The highest BCUT2D eigenvalue weighted by molar-refractivity contribution is 7.99. The van der Waals surface area contributed by atoms with Crippen LogP contribution in [0.15, 0.2) is 23.4 Å². The number of aromatic nitrogens is 1. The molecule has 0 bridgehead atoms. The highest BCUT2D eigenvalue weighted by Crippen LogP contribution is 2.26. The Hall–Kier alpha value is -0.210. The monoisotopic (exact) mass is 215 g/mol. The van der Waals surface area contributed by atoms with Crippen molar-refractivity contribution in [3.8, 4) is 0 Å². The Balaban J connectivity index is 2.74. The van der Waals surface area contributed by atoms with Crippen LogP contribution in [-0.4, -0.2) is 10.2 Å². The molecule has 0 N–H and O–H groups in total. The molecule has 0 unspecified atom stereocenters. The molecular formula is C10H14ClNS. The topological polar surface area (TPSA) is 12.9 Å². The maximum Gasteiger partial charge on any atom is 0.101 e. The van der Waals surface area contributed by atoms with E-state index in [9.17, 15) is 0 Å². The van der Waals surface area contributed by atoms with Gasteiger partial charge < -0.3 is 0 Å². The van der Waals surface area contributed by atoms with Crippen LogP contribution in [0.2, 0.25) is 0 Å². The van der Waals surface area contributed by atoms with Crippen molar-refractivity contribution in [3.63, 3.8) is 0 Å². The van der Waals surface area contributed by atoms with E-state index in [1.165, 1.54) is 0 Å². The lowest BCUT2D eigenvalue weighted by Crippen LogP contribution is -1.96. The first-order valence-electron chi connectivity index (χ1n) is 4.44. The van der Waals surface area contributed by atoms with Crippen LogP contribution in [0, 0.1) is 0 Å². The summed E-state index contributed by atoms with van der Waals surface area (Å²) in [7, 11) is 0. The van der Waals surface area contributed by atoms with Crippen molar-refractivity contribution in [3.05, 3.63) is 23.9 Å². The normalized spacial score (nSPS) is 12.8. The number of alkyl halides is 1. The first kappa shape index (κ1) is 10.9. The third kappa shape index (κ3) is 3.20. The molecule has 0 saturated carbocycles. The van der Waals surface area contributed by atoms with Gasteiger partial charge in [-0.05, 0) is 18.1 Å². The minimum Gasteiger partial charge on any atom is -0.250 e. The van der Waals surface area contributed by atoms with Crippen molar-refractivity contribution < 1.29 is 0 Å². The van der Waals surface area contributed by atoms with E-state index in [4.69, 9.17) is 11.6 Å². The largest absolute Gasteiger partial charge is 0.250 e. The second-order valence-electron chi connectivity index (χ2n) is 2.94. The van der Waals surface area contributed by atoms with Crippen molar-refractivity contribution in [1.29, 1.82) is 0 Å². The molecule has 0 aromatic carbocycles. The minimum absolute atomic E-state index is 0.548. The van der Waals surface area contributed by atoms with E-state index in [0.29, 0.717) is 11.1 Å². The number of pyridine rings is 1. The Morgan fingerprint density at radius 1 is 1.62 bits per heavy atom. The molecule has 1 atom stereocenters. The molecule has 1 rings (SSSR count). The van der Waals surface area contributed by atoms with Gasteiger partial charge in [-0.15, -0.1) is 23.4 Å². The molecular weight excluding hydrogens is 202 g/mol. The van der Waals surface area contributed by atoms with Crippen molar-refractivity contribution in [2.75, 3.05) is 0 Å². The molecule has 0 amide bonds. The van der Waals surface area contributed by atoms with Crippen LogP contribution in [0.1, 0.15) is 25.8 Å². The maximum absolute atomic E-state index is 5.81. The molecule has 1 aromatic rings. The Bertz CT molecular complexity index is 265. The maximum atomic E-state index is 5.81. The summed E-state index contributed by atoms with van der Waals surface area (Å²) in [5.74, 6) is 0.548. The van der Waals surface area contributed by atoms with Gasteiger partial charge in [0.15, 0.2) is 0 Å². The Kier molecular flexibility index (Phi) is 4.60. The fourth-order valence-corrected chi connectivity index (χ4v) is 2.16. The van der Waals surface area contributed by atoms with Crippen molar-refractivity contribution in [2.45, 2.75) is 36.4 Å². The van der Waals surface area contributed by atoms with Crippen molar-refractivity contribution in [1.82, 2.24) is 4.98 Å². The lowest BCUT2D eigenvalue weighted by molar-refractivity contribution is 0.898. The zero-order valence-electron chi connectivity index (χ0n) is 7.96. The summed E-state index contributed by atoms with van der Waals surface area (Å²) in [5.41, 5.74) is 1.13. The zero-order valence-corrected chi connectivity index (χ0v) is 9.53. The SMILES string of the molecule is CC[C@H](C)Sc1ncccc1CCl. The van der Waals surface area contributed by atoms with E-state index in [1.807, 2.05) is 18.3 Å². The second kappa shape index (κ2) is 5.51. The van der Waals surface area contributed by atoms with Gasteiger partial charge >= 0.3 is 0 Å². The molecule has 0 aliphatic heterocycles. The molecule has 0 saturated heterocycles. The summed E-state index contributed by atoms with van der Waals surface area (Å²) in [6.07, 6.45) is 2.98. The molecule has 1 aromatic heterocycles. The summed E-state index contributed by atoms with van der Waals surface area (Å²) in [5, 5.41) is 1.68. The summed E-state index contributed by atoms with van der Waals surface area (Å²) < 4.78 is 0. The van der Waals surface area contributed by atoms with E-state index in [2.05, 4.69) is 18.8 Å². The van der Waals surface area contributed by atoms with Crippen molar-refractivity contribution >= 4 is 23.4 Å². The number of rotatable bonds is 4. The number of halogens is 1. The smallest absolute Gasteiger partial charge is 0.101 e. The molecule has 72 valence electrons. The lowest BCUT2D eigenvalue weighted by atomic mass is 10.3. The third-order valence-corrected chi connectivity index (χ3v) is 3.50. The molecule has 0 radical (unpaired) electrons. The van der Waals surface area contributed by atoms with Crippen LogP contribution in [0.5, 0.6) is 0 Å². The average Bonchev–Trinajstić information content (AvgIpc) is 2.18. The molecule has 3 heteroatoms. The van der Waals surface area contributed by atoms with Gasteiger partial charge in [-0.1, -0.05) is 19.9 Å². The predicted molar refractivity (Wildman–Crippen MR) is 59.4 cm³/mol. The minimum atomic E-state index is 0.548. The van der Waals surface area contributed by atoms with E-state index >= 15 is 0 Å². The number of hydrogen-bond donors (Lipinski definition) is 0. The Labute approximate surface area is 88.9 Å². The van der Waals surface area contributed by atoms with Crippen LogP contribution in [0.25, 0.3) is 0 Å². The number of hydrogen-bond acceptors (Lipinski definition) is 2. The molecule has 0 spiro atoms. The van der Waals surface area contributed by atoms with Gasteiger partial charge in [0.05, 0.1) is 5.88 Å². The summed E-state index contributed by atoms with van der Waals surface area (Å²) in [6, 6.07) is 3.96. The van der Waals surface area contributed by atoms with Crippen LogP contribution in [0.4, 0.5) is 0 Å². The Morgan fingerprint density at radius 3 is 3.00 bits per heavy atom. The van der Waals surface area contributed by atoms with Gasteiger partial charge in [0.2, 0.25) is 0 Å². The molecule has 1 nitrogen and oxygen atoms in total. The third-order valence-electron chi connectivity index (χ3n) is 1.88. The van der Waals surface area contributed by atoms with Gasteiger partial charge in [0.1, 0.15) is 5.03 Å². The van der Waals surface area contributed by atoms with Crippen molar-refractivity contribution in [2.24, 2.45) is 0 Å². The molecule has 0 aliphatic rings. The van der Waals surface area contributed by atoms with Gasteiger partial charge in [-0.3, -0.25) is 0 Å². The zero-order chi connectivity index (χ0) is 9.68. The average molecular weight is 216 g/mol. The van der Waals surface area contributed by atoms with Gasteiger partial charge in [-0.2, -0.15) is 0 Å². The first-order chi connectivity index (χ1) is 6.27. The van der Waals surface area contributed by atoms with E-state index < -0.39 is 0 Å². The Morgan fingerprint density at radius 2 is 2.38 bits per heavy atom. The number of nitrogens with zero attached hydrogens (tertiary/aromatic N) is 1. The standard InChI is InChI=1S/C10H14ClNS/c1-3-8(2)13-10-9(7-11)5-4-6-12-10/h4-6,8H,3,7H2,1-2H3/t8-/m0/s1. The molecule has 0 aliphatic carbocycles. The fourth-order valence-electron chi connectivity index (χ4n) is 0.906. The van der Waals surface area contributed by atoms with E-state index in [1.54, 1.807) is 11.8 Å². The predicted octanol–water partition coefficient (Wildman–Crippen LogP) is 3.71. The molecule has 13 heavy (non-hydrogen) atoms. The lowest BCUT2D eigenvalue weighted by Gasteiger charge is -2.09. The number of thioether (sulfide) groups is 1. The van der Waals surface area contributed by atoms with E-state index in [0.717, 1.165) is 17.0 Å². The summed E-state index contributed by atoms with van der Waals surface area (Å²) in [6.45, 7) is 4.39. The van der Waals surface area contributed by atoms with Gasteiger partial charge in [0, 0.05) is 11.4 Å². The fraction of sp³-hybridized carbons (Fsp3) is 0.500. The van der Waals surface area contributed by atoms with Gasteiger partial charge in [-0.25, -0.2) is 4.98 Å². The summed E-state index contributed by atoms with van der Waals surface area (Å²) in [4.78, 5) is 4.32. The van der Waals surface area contributed by atoms with Crippen LogP contribution >= 0.6 is 23.4 Å². The van der Waals surface area contributed by atoms with Crippen LogP contribution in [0.3, 0.4) is 0 Å². The van der Waals surface area contributed by atoms with Crippen LogP contribution < -0.4 is 0 Å². The quantitative estimate of drug-likeness (QED) is 0.561.